The number of halogens is 3. The van der Waals surface area contributed by atoms with Crippen LogP contribution in [0.1, 0.15) is 15.9 Å². The van der Waals surface area contributed by atoms with Gasteiger partial charge in [0.1, 0.15) is 0 Å². The highest BCUT2D eigenvalue weighted by atomic mass is 79.9. The first-order valence-electron chi connectivity index (χ1n) is 4.15. The second kappa shape index (κ2) is 4.81. The first-order valence-corrected chi connectivity index (χ1v) is 6.55. The predicted octanol–water partition coefficient (Wildman–Crippen LogP) is 1.95. The molecule has 0 saturated carbocycles. The molecule has 0 aliphatic rings. The minimum absolute atomic E-state index is 0.0761. The molecule has 17 heavy (non-hydrogen) atoms. The molecule has 9 heteroatoms. The molecule has 0 heterocycles. The molecule has 0 saturated heterocycles. The summed E-state index contributed by atoms with van der Waals surface area (Å²) in [5, 5.41) is 0. The summed E-state index contributed by atoms with van der Waals surface area (Å²) < 4.78 is 39.1. The second-order valence-electron chi connectivity index (χ2n) is 3.09. The Labute approximate surface area is 103 Å². The van der Waals surface area contributed by atoms with Crippen LogP contribution in [0.15, 0.2) is 24.3 Å². The van der Waals surface area contributed by atoms with Gasteiger partial charge in [0, 0.05) is 27.3 Å². The summed E-state index contributed by atoms with van der Waals surface area (Å²) in [5.41, 5.74) is -5.04. The highest BCUT2D eigenvalue weighted by Gasteiger charge is 2.50. The molecule has 0 unspecified atom stereocenters. The lowest BCUT2D eigenvalue weighted by atomic mass is 10.1. The van der Waals surface area contributed by atoms with Gasteiger partial charge in [-0.3, -0.25) is 13.7 Å². The monoisotopic (exact) mass is 329 g/mol. The molecule has 5 nitrogen and oxygen atoms in total. The topological polar surface area (TPSA) is 86.6 Å². The summed E-state index contributed by atoms with van der Waals surface area (Å²) >= 11 is 2.67. The Morgan fingerprint density at radius 3 is 2.12 bits per heavy atom. The average molecular weight is 330 g/mol. The lowest BCUT2D eigenvalue weighted by Gasteiger charge is -2.17. The van der Waals surface area contributed by atoms with Crippen LogP contribution in [0.25, 0.3) is 0 Å². The summed E-state index contributed by atoms with van der Waals surface area (Å²) in [6.45, 7) is 0. The SMILES string of the molecule is O=C(NBr)c1ccc(C(F)(F)P(=O)(O)O)cc1. The Bertz CT molecular complexity index is 473. The Kier molecular flexibility index (Phi) is 4.03. The molecule has 3 N–H and O–H groups in total. The number of rotatable bonds is 3. The zero-order chi connectivity index (χ0) is 13.3. The van der Waals surface area contributed by atoms with E-state index in [9.17, 15) is 18.1 Å². The van der Waals surface area contributed by atoms with Crippen LogP contribution in [0.2, 0.25) is 0 Å². The van der Waals surface area contributed by atoms with Crippen molar-refractivity contribution in [1.29, 1.82) is 0 Å². The number of alkyl halides is 2. The van der Waals surface area contributed by atoms with Gasteiger partial charge in [-0.2, -0.15) is 8.78 Å². The fourth-order valence-electron chi connectivity index (χ4n) is 1.04. The first-order chi connectivity index (χ1) is 7.70. The molecule has 0 spiro atoms. The molecule has 0 aromatic heterocycles. The van der Waals surface area contributed by atoms with Crippen molar-refractivity contribution in [3.8, 4) is 0 Å². The highest BCUT2D eigenvalue weighted by molar-refractivity contribution is 9.08. The van der Waals surface area contributed by atoms with Crippen molar-refractivity contribution >= 4 is 29.7 Å². The van der Waals surface area contributed by atoms with Gasteiger partial charge >= 0.3 is 13.3 Å². The minimum atomic E-state index is -5.58. The van der Waals surface area contributed by atoms with Gasteiger partial charge in [0.25, 0.3) is 5.91 Å². The Hall–Kier alpha value is -0.820. The molecule has 0 bridgehead atoms. The van der Waals surface area contributed by atoms with E-state index in [4.69, 9.17) is 9.79 Å². The number of nitrogens with one attached hydrogen (secondary N) is 1. The van der Waals surface area contributed by atoms with Crippen LogP contribution in [0, 0.1) is 0 Å². The Morgan fingerprint density at radius 1 is 1.29 bits per heavy atom. The third-order valence-electron chi connectivity index (χ3n) is 1.95. The fourth-order valence-corrected chi connectivity index (χ4v) is 1.76. The zero-order valence-corrected chi connectivity index (χ0v) is 10.6. The smallest absolute Gasteiger partial charge is 0.320 e. The van der Waals surface area contributed by atoms with Crippen molar-refractivity contribution in [3.63, 3.8) is 0 Å². The fraction of sp³-hybridized carbons (Fsp3) is 0.125. The number of carbonyl (C=O) groups is 1. The third-order valence-corrected chi connectivity index (χ3v) is 3.30. The molecule has 0 fully saturated rings. The molecule has 0 aliphatic heterocycles. The molecular weight excluding hydrogens is 323 g/mol. The van der Waals surface area contributed by atoms with Gasteiger partial charge in [0.2, 0.25) is 0 Å². The third kappa shape index (κ3) is 2.90. The molecular formula is C8H7BrF2NO4P. The molecule has 94 valence electrons. The van der Waals surface area contributed by atoms with Gasteiger partial charge < -0.3 is 9.79 Å². The predicted molar refractivity (Wildman–Crippen MR) is 58.8 cm³/mol. The van der Waals surface area contributed by atoms with Crippen LogP contribution in [0.5, 0.6) is 0 Å². The first kappa shape index (κ1) is 14.2. The summed E-state index contributed by atoms with van der Waals surface area (Å²) in [6.07, 6.45) is 0. The van der Waals surface area contributed by atoms with Gasteiger partial charge in [-0.25, -0.2) is 0 Å². The summed E-state index contributed by atoms with van der Waals surface area (Å²) in [6, 6.07) is 3.65. The largest absolute Gasteiger partial charge is 0.399 e. The van der Waals surface area contributed by atoms with E-state index in [2.05, 4.69) is 20.5 Å². The maximum Gasteiger partial charge on any atom is 0.399 e. The van der Waals surface area contributed by atoms with Crippen molar-refractivity contribution in [2.45, 2.75) is 5.66 Å². The number of benzene rings is 1. The van der Waals surface area contributed by atoms with Crippen LogP contribution in [-0.4, -0.2) is 15.7 Å². The van der Waals surface area contributed by atoms with Crippen molar-refractivity contribution in [1.82, 2.24) is 4.34 Å². The molecule has 1 rings (SSSR count). The van der Waals surface area contributed by atoms with E-state index in [-0.39, 0.29) is 5.56 Å². The standard InChI is InChI=1S/C8H7BrF2NO4P/c9-12-7(13)5-1-3-6(4-2-5)8(10,11)17(14,15)16/h1-4H,(H,12,13)(H2,14,15,16). The molecule has 0 atom stereocenters. The molecule has 1 aromatic rings. The molecule has 0 aliphatic carbocycles. The number of amides is 1. The quantitative estimate of drug-likeness (QED) is 0.584. The van der Waals surface area contributed by atoms with Gasteiger partial charge in [-0.1, -0.05) is 12.1 Å². The van der Waals surface area contributed by atoms with Crippen LogP contribution >= 0.6 is 23.7 Å². The Balaban J connectivity index is 3.11. The van der Waals surface area contributed by atoms with Gasteiger partial charge in [0.05, 0.1) is 0 Å². The molecule has 1 amide bonds. The van der Waals surface area contributed by atoms with E-state index in [1.807, 2.05) is 0 Å². The Morgan fingerprint density at radius 2 is 1.76 bits per heavy atom. The van der Waals surface area contributed by atoms with Crippen molar-refractivity contribution < 1.29 is 27.9 Å². The highest BCUT2D eigenvalue weighted by Crippen LogP contribution is 2.59. The van der Waals surface area contributed by atoms with E-state index in [0.29, 0.717) is 0 Å². The lowest BCUT2D eigenvalue weighted by molar-refractivity contribution is 0.0564. The summed E-state index contributed by atoms with van der Waals surface area (Å²) in [7, 11) is -5.58. The van der Waals surface area contributed by atoms with E-state index in [0.717, 1.165) is 24.3 Å². The molecule has 1 aromatic carbocycles. The second-order valence-corrected chi connectivity index (χ2v) is 5.13. The zero-order valence-electron chi connectivity index (χ0n) is 8.10. The maximum absolute atomic E-state index is 13.2. The normalized spacial score (nSPS) is 12.3. The van der Waals surface area contributed by atoms with Gasteiger partial charge in [-0.05, 0) is 12.1 Å². The van der Waals surface area contributed by atoms with E-state index in [1.54, 1.807) is 0 Å². The average Bonchev–Trinajstić information content (AvgIpc) is 2.26. The van der Waals surface area contributed by atoms with E-state index < -0.39 is 24.7 Å². The molecule has 0 radical (unpaired) electrons. The van der Waals surface area contributed by atoms with Crippen LogP contribution in [0.3, 0.4) is 0 Å². The summed E-state index contributed by atoms with van der Waals surface area (Å²) in [5.74, 6) is -0.559. The van der Waals surface area contributed by atoms with Crippen molar-refractivity contribution in [2.75, 3.05) is 0 Å². The van der Waals surface area contributed by atoms with E-state index >= 15 is 0 Å². The van der Waals surface area contributed by atoms with Crippen LogP contribution < -0.4 is 4.34 Å². The van der Waals surface area contributed by atoms with Gasteiger partial charge in [-0.15, -0.1) is 0 Å². The van der Waals surface area contributed by atoms with Crippen molar-refractivity contribution in [2.24, 2.45) is 0 Å². The minimum Gasteiger partial charge on any atom is -0.320 e. The lowest BCUT2D eigenvalue weighted by Crippen LogP contribution is -2.15. The number of hydrogen-bond donors (Lipinski definition) is 3. The van der Waals surface area contributed by atoms with Gasteiger partial charge in [0.15, 0.2) is 0 Å². The van der Waals surface area contributed by atoms with E-state index in [1.165, 1.54) is 0 Å². The maximum atomic E-state index is 13.2. The van der Waals surface area contributed by atoms with Crippen molar-refractivity contribution in [3.05, 3.63) is 35.4 Å². The summed E-state index contributed by atoms with van der Waals surface area (Å²) in [4.78, 5) is 28.1. The number of carbonyl (C=O) groups excluding carboxylic acids is 1. The number of hydrogen-bond acceptors (Lipinski definition) is 2. The van der Waals surface area contributed by atoms with Crippen LogP contribution in [0.4, 0.5) is 8.78 Å². The van der Waals surface area contributed by atoms with Crippen LogP contribution in [-0.2, 0) is 10.2 Å².